The lowest BCUT2D eigenvalue weighted by Gasteiger charge is -2.16. The van der Waals surface area contributed by atoms with Crippen molar-refractivity contribution in [3.05, 3.63) is 111 Å². The van der Waals surface area contributed by atoms with Crippen molar-refractivity contribution >= 4 is 28.7 Å². The van der Waals surface area contributed by atoms with E-state index in [1.807, 2.05) is 30.3 Å². The topological polar surface area (TPSA) is 86.5 Å². The number of non-ortho nitro benzene ring substituents is 1. The van der Waals surface area contributed by atoms with Crippen LogP contribution in [-0.2, 0) is 11.3 Å². The molecule has 0 saturated carbocycles. The second-order valence-corrected chi connectivity index (χ2v) is 7.02. The molecule has 0 bridgehead atoms. The van der Waals surface area contributed by atoms with Crippen LogP contribution in [0.4, 0.5) is 10.1 Å². The summed E-state index contributed by atoms with van der Waals surface area (Å²) in [7, 11) is 0. The number of ether oxygens (including phenoxy) is 1. The highest BCUT2D eigenvalue weighted by Crippen LogP contribution is 2.35. The maximum Gasteiger partial charge on any atom is 0.338 e. The van der Waals surface area contributed by atoms with Crippen molar-refractivity contribution in [1.29, 1.82) is 0 Å². The number of carbonyl (C=O) groups is 2. The number of benzene rings is 4. The molecule has 0 radical (unpaired) electrons. The molecular weight excluding hydrogens is 413 g/mol. The number of aldehydes is 1. The fourth-order valence-electron chi connectivity index (χ4n) is 3.60. The molecule has 6 nitrogen and oxygen atoms in total. The summed E-state index contributed by atoms with van der Waals surface area (Å²) in [6.07, 6.45) is 0.464. The lowest BCUT2D eigenvalue weighted by atomic mass is 9.91. The molecule has 0 aliphatic heterocycles. The SMILES string of the molecule is O=Cc1c(F)cccc1-c1c(COC(=O)c2cccc([N+](=O)[O-])c2)ccc2ccccc12. The summed E-state index contributed by atoms with van der Waals surface area (Å²) in [5.74, 6) is -1.38. The molecule has 0 amide bonds. The Bertz CT molecular complexity index is 1370. The largest absolute Gasteiger partial charge is 0.457 e. The molecule has 32 heavy (non-hydrogen) atoms. The van der Waals surface area contributed by atoms with Gasteiger partial charge in [0, 0.05) is 12.1 Å². The summed E-state index contributed by atoms with van der Waals surface area (Å²) in [6.45, 7) is -0.170. The van der Waals surface area contributed by atoms with Crippen LogP contribution in [0.15, 0.2) is 78.9 Å². The molecule has 4 aromatic carbocycles. The number of nitro groups is 1. The highest BCUT2D eigenvalue weighted by atomic mass is 19.1. The molecule has 0 heterocycles. The summed E-state index contributed by atoms with van der Waals surface area (Å²) in [5.41, 5.74) is 1.27. The Balaban J connectivity index is 1.76. The van der Waals surface area contributed by atoms with Gasteiger partial charge in [-0.25, -0.2) is 9.18 Å². The third kappa shape index (κ3) is 3.96. The fraction of sp³-hybridized carbons (Fsp3) is 0.0400. The van der Waals surface area contributed by atoms with Gasteiger partial charge >= 0.3 is 5.97 Å². The number of carbonyl (C=O) groups excluding carboxylic acids is 2. The van der Waals surface area contributed by atoms with Crippen molar-refractivity contribution in [2.24, 2.45) is 0 Å². The van der Waals surface area contributed by atoms with Gasteiger partial charge in [-0.05, 0) is 39.6 Å². The third-order valence-electron chi connectivity index (χ3n) is 5.11. The first-order valence-corrected chi connectivity index (χ1v) is 9.66. The maximum absolute atomic E-state index is 14.3. The Morgan fingerprint density at radius 2 is 1.78 bits per heavy atom. The van der Waals surface area contributed by atoms with Gasteiger partial charge in [0.2, 0.25) is 0 Å². The van der Waals surface area contributed by atoms with E-state index in [4.69, 9.17) is 4.74 Å². The predicted octanol–water partition coefficient (Wildman–Crippen LogP) is 5.72. The standard InChI is InChI=1S/C25H16FNO5/c26-23-10-4-9-21(22(23)14-28)24-18(12-11-16-5-1-2-8-20(16)24)15-32-25(29)17-6-3-7-19(13-17)27(30)31/h1-14H,15H2. The molecule has 0 unspecified atom stereocenters. The van der Waals surface area contributed by atoms with E-state index < -0.39 is 16.7 Å². The molecule has 0 fully saturated rings. The number of nitro benzene ring substituents is 1. The Morgan fingerprint density at radius 1 is 1.00 bits per heavy atom. The molecule has 7 heteroatoms. The van der Waals surface area contributed by atoms with Crippen LogP contribution in [0, 0.1) is 15.9 Å². The van der Waals surface area contributed by atoms with E-state index in [1.54, 1.807) is 12.1 Å². The lowest BCUT2D eigenvalue weighted by molar-refractivity contribution is -0.384. The first-order valence-electron chi connectivity index (χ1n) is 9.66. The summed E-state index contributed by atoms with van der Waals surface area (Å²) < 4.78 is 19.8. The van der Waals surface area contributed by atoms with Crippen LogP contribution in [0.25, 0.3) is 21.9 Å². The molecule has 0 N–H and O–H groups in total. The molecule has 0 saturated heterocycles. The average Bonchev–Trinajstić information content (AvgIpc) is 2.82. The zero-order valence-electron chi connectivity index (χ0n) is 16.7. The van der Waals surface area contributed by atoms with Crippen molar-refractivity contribution in [1.82, 2.24) is 0 Å². The molecule has 0 aromatic heterocycles. The van der Waals surface area contributed by atoms with Crippen LogP contribution in [0.2, 0.25) is 0 Å². The van der Waals surface area contributed by atoms with Crippen LogP contribution in [-0.4, -0.2) is 17.2 Å². The Labute approximate surface area is 182 Å². The van der Waals surface area contributed by atoms with Gasteiger partial charge in [-0.1, -0.05) is 54.6 Å². The van der Waals surface area contributed by atoms with Gasteiger partial charge in [0.15, 0.2) is 6.29 Å². The molecule has 0 aliphatic carbocycles. The minimum absolute atomic E-state index is 0.0425. The average molecular weight is 429 g/mol. The van der Waals surface area contributed by atoms with E-state index in [9.17, 15) is 24.1 Å². The summed E-state index contributed by atoms with van der Waals surface area (Å²) >= 11 is 0. The Hall–Kier alpha value is -4.39. The van der Waals surface area contributed by atoms with E-state index in [1.165, 1.54) is 30.3 Å². The second kappa shape index (κ2) is 8.77. The Morgan fingerprint density at radius 3 is 2.56 bits per heavy atom. The van der Waals surface area contributed by atoms with Gasteiger partial charge in [-0.2, -0.15) is 0 Å². The fourth-order valence-corrected chi connectivity index (χ4v) is 3.60. The number of hydrogen-bond donors (Lipinski definition) is 0. The number of esters is 1. The van der Waals surface area contributed by atoms with Crippen LogP contribution in [0.1, 0.15) is 26.3 Å². The minimum Gasteiger partial charge on any atom is -0.457 e. The summed E-state index contributed by atoms with van der Waals surface area (Å²) in [4.78, 5) is 34.5. The zero-order chi connectivity index (χ0) is 22.7. The lowest BCUT2D eigenvalue weighted by Crippen LogP contribution is -2.07. The molecule has 4 aromatic rings. The van der Waals surface area contributed by atoms with Gasteiger partial charge in [-0.3, -0.25) is 14.9 Å². The number of fused-ring (bicyclic) bond motifs is 1. The summed E-state index contributed by atoms with van der Waals surface area (Å²) in [6, 6.07) is 20.6. The van der Waals surface area contributed by atoms with Crippen LogP contribution < -0.4 is 0 Å². The third-order valence-corrected chi connectivity index (χ3v) is 5.11. The molecule has 0 aliphatic rings. The van der Waals surface area contributed by atoms with Gasteiger partial charge in [0.25, 0.3) is 5.69 Å². The van der Waals surface area contributed by atoms with Gasteiger partial charge < -0.3 is 4.74 Å². The minimum atomic E-state index is -0.734. The number of halogens is 1. The van der Waals surface area contributed by atoms with Crippen LogP contribution >= 0.6 is 0 Å². The molecular formula is C25H16FNO5. The van der Waals surface area contributed by atoms with Crippen molar-refractivity contribution in [2.45, 2.75) is 6.61 Å². The molecule has 4 rings (SSSR count). The van der Waals surface area contributed by atoms with Crippen molar-refractivity contribution in [3.63, 3.8) is 0 Å². The molecule has 0 atom stereocenters. The van der Waals surface area contributed by atoms with E-state index in [0.29, 0.717) is 23.0 Å². The van der Waals surface area contributed by atoms with Gasteiger partial charge in [0.05, 0.1) is 16.1 Å². The van der Waals surface area contributed by atoms with E-state index >= 15 is 0 Å². The normalized spacial score (nSPS) is 10.7. The predicted molar refractivity (Wildman–Crippen MR) is 117 cm³/mol. The number of nitrogens with zero attached hydrogens (tertiary/aromatic N) is 1. The maximum atomic E-state index is 14.3. The first kappa shape index (κ1) is 20.9. The summed E-state index contributed by atoms with van der Waals surface area (Å²) in [5, 5.41) is 12.6. The van der Waals surface area contributed by atoms with Crippen LogP contribution in [0.5, 0.6) is 0 Å². The Kier molecular flexibility index (Phi) is 5.72. The smallest absolute Gasteiger partial charge is 0.338 e. The highest BCUT2D eigenvalue weighted by molar-refractivity contribution is 6.02. The van der Waals surface area contributed by atoms with Crippen molar-refractivity contribution < 1.29 is 23.6 Å². The quantitative estimate of drug-likeness (QED) is 0.169. The highest BCUT2D eigenvalue weighted by Gasteiger charge is 2.18. The van der Waals surface area contributed by atoms with Crippen molar-refractivity contribution in [2.75, 3.05) is 0 Å². The second-order valence-electron chi connectivity index (χ2n) is 7.02. The molecule has 0 spiro atoms. The van der Waals surface area contributed by atoms with E-state index in [-0.39, 0.29) is 23.4 Å². The molecule has 158 valence electrons. The number of rotatable bonds is 6. The monoisotopic (exact) mass is 429 g/mol. The first-order chi connectivity index (χ1) is 15.5. The van der Waals surface area contributed by atoms with E-state index in [0.717, 1.165) is 16.8 Å². The van der Waals surface area contributed by atoms with Crippen molar-refractivity contribution in [3.8, 4) is 11.1 Å². The van der Waals surface area contributed by atoms with Crippen LogP contribution in [0.3, 0.4) is 0 Å². The zero-order valence-corrected chi connectivity index (χ0v) is 16.7. The van der Waals surface area contributed by atoms with Gasteiger partial charge in [-0.15, -0.1) is 0 Å². The van der Waals surface area contributed by atoms with Gasteiger partial charge in [0.1, 0.15) is 12.4 Å². The number of hydrogen-bond acceptors (Lipinski definition) is 5. The van der Waals surface area contributed by atoms with E-state index in [2.05, 4.69) is 0 Å².